The number of aliphatic hydroxyl groups is 2. The lowest BCUT2D eigenvalue weighted by Crippen LogP contribution is -2.70. The number of carbonyl (C=O) groups excluding carboxylic acids is 2. The Labute approximate surface area is 436 Å². The number of aliphatic hydroxyl groups excluding tert-OH is 2. The van der Waals surface area contributed by atoms with E-state index in [9.17, 15) is 20.3 Å². The van der Waals surface area contributed by atoms with Crippen molar-refractivity contribution in [3.05, 3.63) is 161 Å². The summed E-state index contributed by atoms with van der Waals surface area (Å²) in [4.78, 5) is 37.5. The van der Waals surface area contributed by atoms with Crippen LogP contribution in [0.15, 0.2) is 139 Å². The number of hydrogen-bond donors (Lipinski definition) is 3. The molecular weight excluding hydrogens is 957 g/mol. The third-order valence-electron chi connectivity index (χ3n) is 14.4. The molecule has 2 amide bonds. The maximum Gasteiger partial charge on any atom is 0.417 e. The van der Waals surface area contributed by atoms with Crippen LogP contribution in [-0.2, 0) is 22.7 Å². The van der Waals surface area contributed by atoms with Crippen LogP contribution in [0.25, 0.3) is 0 Å². The van der Waals surface area contributed by atoms with Gasteiger partial charge in [-0.05, 0) is 121 Å². The number of amides is 2. The Bertz CT molecular complexity index is 2940. The van der Waals surface area contributed by atoms with Crippen LogP contribution >= 0.6 is 0 Å². The van der Waals surface area contributed by atoms with Gasteiger partial charge < -0.3 is 53.1 Å². The summed E-state index contributed by atoms with van der Waals surface area (Å²) >= 11 is 0. The van der Waals surface area contributed by atoms with Gasteiger partial charge in [0.05, 0.1) is 49.8 Å². The van der Waals surface area contributed by atoms with E-state index in [1.165, 1.54) is 7.11 Å². The first kappa shape index (κ1) is 52.0. The van der Waals surface area contributed by atoms with Crippen molar-refractivity contribution in [1.82, 2.24) is 4.90 Å². The molecule has 2 heterocycles. The highest BCUT2D eigenvalue weighted by Gasteiger charge is 2.65. The molecule has 0 spiro atoms. The molecule has 5 aromatic carbocycles. The predicted molar refractivity (Wildman–Crippen MR) is 279 cm³/mol. The van der Waals surface area contributed by atoms with E-state index >= 15 is 4.79 Å². The highest BCUT2D eigenvalue weighted by molar-refractivity contribution is 6.03. The van der Waals surface area contributed by atoms with Crippen LogP contribution < -0.4 is 33.7 Å². The summed E-state index contributed by atoms with van der Waals surface area (Å²) in [5.41, 5.74) is 4.95. The Morgan fingerprint density at radius 1 is 0.867 bits per heavy atom. The fraction of sp³-hybridized carbons (Fsp3) is 0.356. The number of allylic oxidation sites excluding steroid dienone is 1. The Kier molecular flexibility index (Phi) is 16.7. The molecule has 3 N–H and O–H groups in total. The zero-order chi connectivity index (χ0) is 52.3. The van der Waals surface area contributed by atoms with Crippen molar-refractivity contribution in [1.29, 1.82) is 5.26 Å². The van der Waals surface area contributed by atoms with E-state index in [2.05, 4.69) is 24.0 Å². The first-order valence-corrected chi connectivity index (χ1v) is 25.4. The van der Waals surface area contributed by atoms with E-state index in [4.69, 9.17) is 43.2 Å². The molecule has 5 aromatic rings. The lowest BCUT2D eigenvalue weighted by Gasteiger charge is -2.60. The molecule has 6 atom stereocenters. The maximum absolute atomic E-state index is 15.6. The number of fused-ring (bicyclic) bond motifs is 3. The monoisotopic (exact) mass is 1020 g/mol. The third kappa shape index (κ3) is 11.3. The molecule has 0 unspecified atom stereocenters. The molecule has 0 bridgehead atoms. The first-order valence-electron chi connectivity index (χ1n) is 25.4. The second kappa shape index (κ2) is 24.0. The normalized spacial score (nSPS) is 21.3. The number of methoxy groups -OCH3 is 2. The van der Waals surface area contributed by atoms with Crippen LogP contribution in [0.1, 0.15) is 83.5 Å². The van der Waals surface area contributed by atoms with Gasteiger partial charge in [0.15, 0.2) is 11.5 Å². The van der Waals surface area contributed by atoms with Crippen LogP contribution in [0, 0.1) is 29.1 Å². The fourth-order valence-corrected chi connectivity index (χ4v) is 11.0. The highest BCUT2D eigenvalue weighted by Crippen LogP contribution is 2.62. The number of benzene rings is 5. The molecular formula is C59H62N4O12. The largest absolute Gasteiger partial charge is 0.497 e. The summed E-state index contributed by atoms with van der Waals surface area (Å²) in [5.74, 6) is -0.480. The van der Waals surface area contributed by atoms with Gasteiger partial charge in [0.1, 0.15) is 35.6 Å². The van der Waals surface area contributed by atoms with Crippen LogP contribution in [-0.4, -0.2) is 85.5 Å². The minimum atomic E-state index is -1.62. The van der Waals surface area contributed by atoms with E-state index in [0.717, 1.165) is 35.1 Å². The molecule has 1 fully saturated rings. The quantitative estimate of drug-likeness (QED) is 0.0336. The number of nitrogens with zero attached hydrogens (tertiary/aromatic N) is 3. The van der Waals surface area contributed by atoms with Gasteiger partial charge >= 0.3 is 6.09 Å². The van der Waals surface area contributed by atoms with Gasteiger partial charge in [0, 0.05) is 49.3 Å². The number of nitrogens with one attached hydrogen (secondary N) is 1. The van der Waals surface area contributed by atoms with Crippen LogP contribution in [0.2, 0.25) is 0 Å². The second-order valence-electron chi connectivity index (χ2n) is 18.9. The molecule has 75 heavy (non-hydrogen) atoms. The van der Waals surface area contributed by atoms with E-state index in [1.807, 2.05) is 54.6 Å². The van der Waals surface area contributed by atoms with Crippen molar-refractivity contribution < 1.29 is 57.8 Å². The van der Waals surface area contributed by atoms with E-state index in [-0.39, 0.29) is 69.7 Å². The number of nitriles is 1. The zero-order valence-corrected chi connectivity index (χ0v) is 42.2. The SMILES string of the molecule is C=CCO[C@@]12Oc3ccc(OC(=O)Nc4ccc(OC)cc4OC)cc3[C@H]3[C@H](CCCCO)[C@@H](CCCCO)C=C(C(=NOCc4ccccc4)C[C@@H]1N(Cc1ccc4c(c1)OCO4)C(=O)c1ccc(C#N)cc1)[C@H]32. The Morgan fingerprint density at radius 3 is 2.37 bits per heavy atom. The molecule has 16 heteroatoms. The lowest BCUT2D eigenvalue weighted by molar-refractivity contribution is -0.255. The molecule has 1 saturated carbocycles. The van der Waals surface area contributed by atoms with Crippen LogP contribution in [0.4, 0.5) is 10.5 Å². The molecule has 2 aliphatic heterocycles. The number of oxime groups is 1. The highest BCUT2D eigenvalue weighted by atomic mass is 16.7. The molecule has 9 rings (SSSR count). The molecule has 390 valence electrons. The summed E-state index contributed by atoms with van der Waals surface area (Å²) in [5, 5.41) is 37.8. The number of rotatable bonds is 22. The summed E-state index contributed by atoms with van der Waals surface area (Å²) < 4.78 is 43.2. The number of carbonyl (C=O) groups is 2. The van der Waals surface area contributed by atoms with Crippen molar-refractivity contribution in [2.45, 2.75) is 75.8 Å². The maximum atomic E-state index is 15.6. The molecule has 16 nitrogen and oxygen atoms in total. The van der Waals surface area contributed by atoms with Crippen LogP contribution in [0.3, 0.4) is 0 Å². The average molecular weight is 1020 g/mol. The van der Waals surface area contributed by atoms with Crippen molar-refractivity contribution in [3.8, 4) is 40.6 Å². The molecule has 2 aliphatic carbocycles. The zero-order valence-electron chi connectivity index (χ0n) is 42.2. The molecule has 0 radical (unpaired) electrons. The van der Waals surface area contributed by atoms with Crippen LogP contribution in [0.5, 0.6) is 34.5 Å². The van der Waals surface area contributed by atoms with E-state index < -0.39 is 29.8 Å². The summed E-state index contributed by atoms with van der Waals surface area (Å²) in [6, 6.07) is 33.4. The number of ether oxygens (including phenoxy) is 7. The summed E-state index contributed by atoms with van der Waals surface area (Å²) in [7, 11) is 3.04. The lowest BCUT2D eigenvalue weighted by atomic mass is 9.55. The topological polar surface area (TPSA) is 200 Å². The van der Waals surface area contributed by atoms with Crippen molar-refractivity contribution in [2.24, 2.45) is 22.9 Å². The van der Waals surface area contributed by atoms with Crippen molar-refractivity contribution in [2.75, 3.05) is 46.1 Å². The number of hydrogen-bond acceptors (Lipinski definition) is 14. The standard InChI is InChI=1S/C59H62N4O12/c1-4-28-72-59-54(63(57(66)41-19-16-38(34-60)17-20-41)35-40-18-24-51-53(29-40)71-37-70-51)33-49(62-73-36-39-12-6-5-7-13-39)46-30-42(14-8-10-26-64)45(15-9-11-27-65)55(56(46)59)47-31-44(22-25-50(47)75-59)74-58(67)61-48-23-21-43(68-2)32-52(48)69-3/h4-7,12-13,16-25,29-32,42,45,54-56,64-65H,1,8-11,14-15,26-28,33,35-37H2,2-3H3,(H,61,67)/t42-,45+,54-,55+,56+,59+/m0/s1. The van der Waals surface area contributed by atoms with Gasteiger partial charge in [-0.2, -0.15) is 5.26 Å². The molecule has 4 aliphatic rings. The van der Waals surface area contributed by atoms with Crippen molar-refractivity contribution >= 4 is 23.4 Å². The molecule has 0 saturated heterocycles. The van der Waals surface area contributed by atoms with E-state index in [0.29, 0.717) is 77.0 Å². The van der Waals surface area contributed by atoms with E-state index in [1.54, 1.807) is 72.7 Å². The minimum absolute atomic E-state index is 0.0131. The average Bonchev–Trinajstić information content (AvgIpc) is 3.94. The Balaban J connectivity index is 1.23. The summed E-state index contributed by atoms with van der Waals surface area (Å²) in [6.45, 7) is 4.47. The Morgan fingerprint density at radius 2 is 1.63 bits per heavy atom. The number of anilines is 1. The predicted octanol–water partition coefficient (Wildman–Crippen LogP) is 10.1. The summed E-state index contributed by atoms with van der Waals surface area (Å²) in [6.07, 6.45) is 7.30. The van der Waals surface area contributed by atoms with Gasteiger partial charge in [-0.1, -0.05) is 66.5 Å². The van der Waals surface area contributed by atoms with Gasteiger partial charge in [-0.3, -0.25) is 10.1 Å². The first-order chi connectivity index (χ1) is 36.7. The van der Waals surface area contributed by atoms with Gasteiger partial charge in [-0.25, -0.2) is 4.79 Å². The van der Waals surface area contributed by atoms with Crippen molar-refractivity contribution in [3.63, 3.8) is 0 Å². The number of unbranched alkanes of at least 4 members (excludes halogenated alkanes) is 2. The van der Waals surface area contributed by atoms with Gasteiger partial charge in [-0.15, -0.1) is 6.58 Å². The van der Waals surface area contributed by atoms with Gasteiger partial charge in [0.25, 0.3) is 5.91 Å². The fourth-order valence-electron chi connectivity index (χ4n) is 11.0. The Hall–Kier alpha value is -7.84. The third-order valence-corrected chi connectivity index (χ3v) is 14.4. The minimum Gasteiger partial charge on any atom is -0.497 e. The smallest absolute Gasteiger partial charge is 0.417 e. The van der Waals surface area contributed by atoms with Gasteiger partial charge in [0.2, 0.25) is 12.6 Å². The second-order valence-corrected chi connectivity index (χ2v) is 18.9. The molecule has 0 aromatic heterocycles.